The minimum absolute atomic E-state index is 0.0712. The summed E-state index contributed by atoms with van der Waals surface area (Å²) in [6, 6.07) is 0. The van der Waals surface area contributed by atoms with Crippen molar-refractivity contribution in [3.63, 3.8) is 0 Å². The predicted octanol–water partition coefficient (Wildman–Crippen LogP) is 1.86. The third-order valence-electron chi connectivity index (χ3n) is 0.865. The summed E-state index contributed by atoms with van der Waals surface area (Å²) in [4.78, 5) is 0. The minimum atomic E-state index is -0.592. The molecular weight excluding hydrogens is 132 g/mol. The highest BCUT2D eigenvalue weighted by atomic mass is 32.1. The van der Waals surface area contributed by atoms with Crippen molar-refractivity contribution in [3.8, 4) is 0 Å². The molecule has 0 heterocycles. The summed E-state index contributed by atoms with van der Waals surface area (Å²) in [5.74, 6) is 0. The minimum Gasteiger partial charge on any atom is -0.390 e. The van der Waals surface area contributed by atoms with Gasteiger partial charge in [-0.15, -0.1) is 0 Å². The Bertz CT molecular complexity index is 74.1. The van der Waals surface area contributed by atoms with E-state index in [0.717, 1.165) is 0 Å². The summed E-state index contributed by atoms with van der Waals surface area (Å²) in [5, 5.41) is 9.30. The molecule has 0 unspecified atom stereocenters. The van der Waals surface area contributed by atoms with Crippen LogP contribution in [0.1, 0.15) is 34.1 Å². The van der Waals surface area contributed by atoms with E-state index < -0.39 is 5.60 Å². The largest absolute Gasteiger partial charge is 0.390 e. The van der Waals surface area contributed by atoms with E-state index in [1.165, 1.54) is 0 Å². The van der Waals surface area contributed by atoms with E-state index in [-0.39, 0.29) is 4.75 Å². The molecule has 1 nitrogen and oxygen atoms in total. The monoisotopic (exact) mass is 148 g/mol. The van der Waals surface area contributed by atoms with Crippen molar-refractivity contribution in [2.24, 2.45) is 0 Å². The summed E-state index contributed by atoms with van der Waals surface area (Å²) in [6.07, 6.45) is 0.711. The average molecular weight is 148 g/mol. The maximum absolute atomic E-state index is 9.30. The lowest BCUT2D eigenvalue weighted by atomic mass is 9.96. The quantitative estimate of drug-likeness (QED) is 0.573. The van der Waals surface area contributed by atoms with Crippen molar-refractivity contribution in [2.75, 3.05) is 0 Å². The highest BCUT2D eigenvalue weighted by Gasteiger charge is 2.22. The molecule has 0 amide bonds. The predicted molar refractivity (Wildman–Crippen MR) is 44.0 cm³/mol. The highest BCUT2D eigenvalue weighted by molar-refractivity contribution is 7.81. The molecule has 0 radical (unpaired) electrons. The molecule has 0 spiro atoms. The molecule has 1 N–H and O–H groups in total. The van der Waals surface area contributed by atoms with Crippen molar-refractivity contribution in [1.29, 1.82) is 0 Å². The Hall–Kier alpha value is 0.310. The van der Waals surface area contributed by atoms with Crippen molar-refractivity contribution >= 4 is 12.6 Å². The van der Waals surface area contributed by atoms with Crippen LogP contribution in [0.3, 0.4) is 0 Å². The van der Waals surface area contributed by atoms with Crippen LogP contribution in [0.4, 0.5) is 0 Å². The first kappa shape index (κ1) is 9.31. The van der Waals surface area contributed by atoms with Crippen LogP contribution in [-0.4, -0.2) is 15.5 Å². The smallest absolute Gasteiger partial charge is 0.0604 e. The summed E-state index contributed by atoms with van der Waals surface area (Å²) < 4.78 is -0.0712. The Balaban J connectivity index is 3.75. The second-order valence-electron chi connectivity index (χ2n) is 3.80. The third-order valence-corrected chi connectivity index (χ3v) is 1.02. The molecule has 0 aliphatic carbocycles. The van der Waals surface area contributed by atoms with E-state index in [1.807, 2.05) is 13.8 Å². The van der Waals surface area contributed by atoms with E-state index in [4.69, 9.17) is 0 Å². The van der Waals surface area contributed by atoms with Crippen molar-refractivity contribution < 1.29 is 5.11 Å². The van der Waals surface area contributed by atoms with Crippen molar-refractivity contribution in [3.05, 3.63) is 0 Å². The molecule has 9 heavy (non-hydrogen) atoms. The molecule has 0 rings (SSSR count). The lowest BCUT2D eigenvalue weighted by molar-refractivity contribution is 0.0632. The molecule has 0 aromatic rings. The Labute approximate surface area is 62.9 Å². The van der Waals surface area contributed by atoms with Crippen LogP contribution in [0.2, 0.25) is 0 Å². The van der Waals surface area contributed by atoms with Gasteiger partial charge >= 0.3 is 0 Å². The molecule has 2 heteroatoms. The fraction of sp³-hybridized carbons (Fsp3) is 1.00. The van der Waals surface area contributed by atoms with Gasteiger partial charge in [0.2, 0.25) is 0 Å². The second kappa shape index (κ2) is 2.51. The van der Waals surface area contributed by atoms with Gasteiger partial charge in [-0.1, -0.05) is 13.8 Å². The molecule has 0 atom stereocenters. The zero-order valence-corrected chi connectivity index (χ0v) is 7.50. The zero-order valence-electron chi connectivity index (χ0n) is 6.60. The van der Waals surface area contributed by atoms with Gasteiger partial charge in [0, 0.05) is 4.75 Å². The van der Waals surface area contributed by atoms with Crippen molar-refractivity contribution in [1.82, 2.24) is 0 Å². The molecular formula is C7H16OS. The SMILES string of the molecule is CC(C)(O)CC(C)(C)S. The van der Waals surface area contributed by atoms with Gasteiger partial charge in [-0.3, -0.25) is 0 Å². The molecule has 0 saturated carbocycles. The van der Waals surface area contributed by atoms with Crippen molar-refractivity contribution in [2.45, 2.75) is 44.5 Å². The van der Waals surface area contributed by atoms with E-state index in [1.54, 1.807) is 13.8 Å². The van der Waals surface area contributed by atoms with E-state index >= 15 is 0 Å². The van der Waals surface area contributed by atoms with Crippen LogP contribution >= 0.6 is 12.6 Å². The van der Waals surface area contributed by atoms with Crippen LogP contribution in [0.5, 0.6) is 0 Å². The molecule has 0 bridgehead atoms. The molecule has 0 fully saturated rings. The summed E-state index contributed by atoms with van der Waals surface area (Å²) in [5.41, 5.74) is -0.592. The van der Waals surface area contributed by atoms with Crippen LogP contribution < -0.4 is 0 Å². The van der Waals surface area contributed by atoms with Gasteiger partial charge < -0.3 is 5.11 Å². The first-order chi connectivity index (χ1) is 3.71. The Morgan fingerprint density at radius 3 is 1.56 bits per heavy atom. The molecule has 0 aromatic carbocycles. The first-order valence-electron chi connectivity index (χ1n) is 3.15. The normalized spacial score (nSPS) is 14.0. The maximum atomic E-state index is 9.30. The number of aliphatic hydroxyl groups is 1. The van der Waals surface area contributed by atoms with E-state index in [2.05, 4.69) is 12.6 Å². The number of hydrogen-bond donors (Lipinski definition) is 2. The van der Waals surface area contributed by atoms with Gasteiger partial charge in [-0.05, 0) is 20.3 Å². The Morgan fingerprint density at radius 2 is 1.56 bits per heavy atom. The van der Waals surface area contributed by atoms with E-state index in [9.17, 15) is 5.11 Å². The Kier molecular flexibility index (Phi) is 2.59. The van der Waals surface area contributed by atoms with Crippen LogP contribution in [0.25, 0.3) is 0 Å². The first-order valence-corrected chi connectivity index (χ1v) is 3.60. The standard InChI is InChI=1S/C7H16OS/c1-6(2,8)5-7(3,4)9/h8-9H,5H2,1-4H3. The van der Waals surface area contributed by atoms with Gasteiger partial charge in [0.15, 0.2) is 0 Å². The summed E-state index contributed by atoms with van der Waals surface area (Å²) >= 11 is 4.29. The molecule has 0 saturated heterocycles. The lowest BCUT2D eigenvalue weighted by Gasteiger charge is -2.26. The van der Waals surface area contributed by atoms with Gasteiger partial charge in [0.05, 0.1) is 5.60 Å². The summed E-state index contributed by atoms with van der Waals surface area (Å²) in [6.45, 7) is 7.58. The van der Waals surface area contributed by atoms with Crippen LogP contribution in [-0.2, 0) is 0 Å². The molecule has 0 aliphatic rings. The van der Waals surface area contributed by atoms with Gasteiger partial charge in [0.1, 0.15) is 0 Å². The van der Waals surface area contributed by atoms with Crippen LogP contribution in [0.15, 0.2) is 0 Å². The summed E-state index contributed by atoms with van der Waals surface area (Å²) in [7, 11) is 0. The van der Waals surface area contributed by atoms with Crippen LogP contribution in [0, 0.1) is 0 Å². The Morgan fingerprint density at radius 1 is 1.22 bits per heavy atom. The fourth-order valence-electron chi connectivity index (χ4n) is 1.06. The highest BCUT2D eigenvalue weighted by Crippen LogP contribution is 2.24. The molecule has 56 valence electrons. The number of hydrogen-bond acceptors (Lipinski definition) is 2. The van der Waals surface area contributed by atoms with E-state index in [0.29, 0.717) is 6.42 Å². The van der Waals surface area contributed by atoms with Gasteiger partial charge in [-0.25, -0.2) is 0 Å². The fourth-order valence-corrected chi connectivity index (χ4v) is 1.45. The maximum Gasteiger partial charge on any atom is 0.0604 e. The lowest BCUT2D eigenvalue weighted by Crippen LogP contribution is -2.28. The zero-order chi connectivity index (χ0) is 7.71. The third kappa shape index (κ3) is 8.31. The average Bonchev–Trinajstić information content (AvgIpc) is 1.14. The topological polar surface area (TPSA) is 20.2 Å². The van der Waals surface area contributed by atoms with Gasteiger partial charge in [-0.2, -0.15) is 12.6 Å². The number of rotatable bonds is 2. The van der Waals surface area contributed by atoms with Gasteiger partial charge in [0.25, 0.3) is 0 Å². The number of thiol groups is 1. The molecule has 0 aliphatic heterocycles. The molecule has 0 aromatic heterocycles. The second-order valence-corrected chi connectivity index (χ2v) is 5.01.